The van der Waals surface area contributed by atoms with E-state index in [0.29, 0.717) is 0 Å². The van der Waals surface area contributed by atoms with Gasteiger partial charge >= 0.3 is 0 Å². The molecule has 1 heterocycles. The zero-order valence-electron chi connectivity index (χ0n) is 11.4. The molecule has 0 amide bonds. The summed E-state index contributed by atoms with van der Waals surface area (Å²) in [6.45, 7) is 4.08. The van der Waals surface area contributed by atoms with E-state index in [1.165, 1.54) is 12.1 Å². The Kier molecular flexibility index (Phi) is 4.32. The molecule has 2 unspecified atom stereocenters. The first-order chi connectivity index (χ1) is 9.13. The summed E-state index contributed by atoms with van der Waals surface area (Å²) in [6, 6.07) is 6.44. The van der Waals surface area contributed by atoms with Gasteiger partial charge in [0.1, 0.15) is 11.6 Å². The van der Waals surface area contributed by atoms with Gasteiger partial charge in [-0.05, 0) is 31.0 Å². The third-order valence-electron chi connectivity index (χ3n) is 3.23. The smallest absolute Gasteiger partial charge is 0.123 e. The Balaban J connectivity index is 2.39. The van der Waals surface area contributed by atoms with Crippen molar-refractivity contribution in [3.05, 3.63) is 53.9 Å². The van der Waals surface area contributed by atoms with Crippen LogP contribution in [0.5, 0.6) is 0 Å². The summed E-state index contributed by atoms with van der Waals surface area (Å²) in [7, 11) is 0. The molecule has 0 saturated carbocycles. The van der Waals surface area contributed by atoms with Crippen LogP contribution in [0.15, 0.2) is 36.7 Å². The second-order valence-electron chi connectivity index (χ2n) is 4.86. The highest BCUT2D eigenvalue weighted by Crippen LogP contribution is 2.23. The first kappa shape index (κ1) is 13.7. The molecule has 1 aromatic carbocycles. The maximum absolute atomic E-state index is 13.0. The van der Waals surface area contributed by atoms with Crippen molar-refractivity contribution in [2.75, 3.05) is 0 Å². The summed E-state index contributed by atoms with van der Waals surface area (Å²) in [5.41, 5.74) is 7.13. The largest absolute Gasteiger partial charge is 0.326 e. The average Bonchev–Trinajstić information content (AvgIpc) is 2.80. The zero-order chi connectivity index (χ0) is 13.8. The highest BCUT2D eigenvalue weighted by atomic mass is 19.1. The molecule has 102 valence electrons. The van der Waals surface area contributed by atoms with Crippen molar-refractivity contribution in [2.24, 2.45) is 5.73 Å². The molecule has 0 bridgehead atoms. The van der Waals surface area contributed by atoms with Crippen molar-refractivity contribution >= 4 is 0 Å². The predicted octanol–water partition coefficient (Wildman–Crippen LogP) is 2.91. The molecule has 4 heteroatoms. The standard InChI is InChI=1S/C15H20FN3/c1-3-4-14-18-9-10-19(14)15(11(2)17)12-5-7-13(16)8-6-12/h5-11,15H,3-4,17H2,1-2H3. The lowest BCUT2D eigenvalue weighted by Crippen LogP contribution is -2.31. The average molecular weight is 261 g/mol. The summed E-state index contributed by atoms with van der Waals surface area (Å²) < 4.78 is 15.1. The zero-order valence-corrected chi connectivity index (χ0v) is 11.4. The third kappa shape index (κ3) is 3.01. The molecule has 0 spiro atoms. The lowest BCUT2D eigenvalue weighted by molar-refractivity contribution is 0.477. The lowest BCUT2D eigenvalue weighted by atomic mass is 10.0. The van der Waals surface area contributed by atoms with Crippen LogP contribution in [-0.4, -0.2) is 15.6 Å². The molecule has 2 N–H and O–H groups in total. The molecule has 0 saturated heterocycles. The van der Waals surface area contributed by atoms with Crippen molar-refractivity contribution in [3.63, 3.8) is 0 Å². The molecule has 0 aliphatic rings. The Bertz CT molecular complexity index is 516. The number of imidazole rings is 1. The van der Waals surface area contributed by atoms with Gasteiger partial charge in [0.15, 0.2) is 0 Å². The molecule has 2 rings (SSSR count). The van der Waals surface area contributed by atoms with Gasteiger partial charge in [-0.3, -0.25) is 0 Å². The molecule has 2 atom stereocenters. The highest BCUT2D eigenvalue weighted by Gasteiger charge is 2.20. The highest BCUT2D eigenvalue weighted by molar-refractivity contribution is 5.23. The Morgan fingerprint density at radius 3 is 2.58 bits per heavy atom. The van der Waals surface area contributed by atoms with Gasteiger partial charge < -0.3 is 10.3 Å². The van der Waals surface area contributed by atoms with E-state index in [0.717, 1.165) is 24.2 Å². The van der Waals surface area contributed by atoms with Crippen LogP contribution in [0.4, 0.5) is 4.39 Å². The van der Waals surface area contributed by atoms with Crippen LogP contribution >= 0.6 is 0 Å². The summed E-state index contributed by atoms with van der Waals surface area (Å²) in [5, 5.41) is 0. The van der Waals surface area contributed by atoms with Crippen LogP contribution in [0.3, 0.4) is 0 Å². The fraction of sp³-hybridized carbons (Fsp3) is 0.400. The Morgan fingerprint density at radius 1 is 1.32 bits per heavy atom. The number of nitrogens with zero attached hydrogens (tertiary/aromatic N) is 2. The summed E-state index contributed by atoms with van der Waals surface area (Å²) in [4.78, 5) is 4.39. The fourth-order valence-electron chi connectivity index (χ4n) is 2.39. The number of benzene rings is 1. The minimum Gasteiger partial charge on any atom is -0.326 e. The maximum atomic E-state index is 13.0. The van der Waals surface area contributed by atoms with E-state index >= 15 is 0 Å². The van der Waals surface area contributed by atoms with Gasteiger partial charge in [0, 0.05) is 24.9 Å². The second kappa shape index (κ2) is 5.97. The molecule has 0 radical (unpaired) electrons. The molecule has 1 aromatic heterocycles. The van der Waals surface area contributed by atoms with Crippen molar-refractivity contribution < 1.29 is 4.39 Å². The first-order valence-corrected chi connectivity index (χ1v) is 6.66. The van der Waals surface area contributed by atoms with E-state index in [2.05, 4.69) is 16.5 Å². The number of rotatable bonds is 5. The second-order valence-corrected chi connectivity index (χ2v) is 4.86. The topological polar surface area (TPSA) is 43.8 Å². The van der Waals surface area contributed by atoms with E-state index in [1.54, 1.807) is 18.3 Å². The van der Waals surface area contributed by atoms with Crippen molar-refractivity contribution in [3.8, 4) is 0 Å². The van der Waals surface area contributed by atoms with Gasteiger partial charge in [-0.2, -0.15) is 0 Å². The van der Waals surface area contributed by atoms with Gasteiger partial charge in [0.2, 0.25) is 0 Å². The van der Waals surface area contributed by atoms with Gasteiger partial charge in [0.25, 0.3) is 0 Å². The summed E-state index contributed by atoms with van der Waals surface area (Å²) in [6.07, 6.45) is 5.69. The number of hydrogen-bond acceptors (Lipinski definition) is 2. The quantitative estimate of drug-likeness (QED) is 0.899. The Hall–Kier alpha value is -1.68. The lowest BCUT2D eigenvalue weighted by Gasteiger charge is -2.25. The first-order valence-electron chi connectivity index (χ1n) is 6.66. The van der Waals surface area contributed by atoms with Crippen molar-refractivity contribution in [1.82, 2.24) is 9.55 Å². The molecule has 3 nitrogen and oxygen atoms in total. The van der Waals surface area contributed by atoms with E-state index in [-0.39, 0.29) is 17.9 Å². The Labute approximate surface area is 113 Å². The molecule has 2 aromatic rings. The van der Waals surface area contributed by atoms with E-state index in [9.17, 15) is 4.39 Å². The Morgan fingerprint density at radius 2 is 2.00 bits per heavy atom. The molecule has 0 aliphatic carbocycles. The third-order valence-corrected chi connectivity index (χ3v) is 3.23. The van der Waals surface area contributed by atoms with E-state index in [4.69, 9.17) is 5.73 Å². The number of halogens is 1. The number of nitrogens with two attached hydrogens (primary N) is 1. The number of aromatic nitrogens is 2. The van der Waals surface area contributed by atoms with Crippen molar-refractivity contribution in [2.45, 2.75) is 38.8 Å². The van der Waals surface area contributed by atoms with Gasteiger partial charge in [-0.1, -0.05) is 19.1 Å². The van der Waals surface area contributed by atoms with Crippen LogP contribution < -0.4 is 5.73 Å². The van der Waals surface area contributed by atoms with Crippen LogP contribution in [0.1, 0.15) is 37.7 Å². The summed E-state index contributed by atoms with van der Waals surface area (Å²) in [5.74, 6) is 0.792. The van der Waals surface area contributed by atoms with Crippen molar-refractivity contribution in [1.29, 1.82) is 0 Å². The van der Waals surface area contributed by atoms with Gasteiger partial charge in [-0.25, -0.2) is 9.37 Å². The molecule has 0 aliphatic heterocycles. The fourth-order valence-corrected chi connectivity index (χ4v) is 2.39. The molecule has 0 fully saturated rings. The minimum absolute atomic E-state index is 0.00958. The number of aryl methyl sites for hydroxylation is 1. The maximum Gasteiger partial charge on any atom is 0.123 e. The molecular weight excluding hydrogens is 241 g/mol. The van der Waals surface area contributed by atoms with E-state index in [1.807, 2.05) is 13.1 Å². The molecule has 19 heavy (non-hydrogen) atoms. The predicted molar refractivity (Wildman–Crippen MR) is 74.4 cm³/mol. The summed E-state index contributed by atoms with van der Waals surface area (Å²) >= 11 is 0. The molecular formula is C15H20FN3. The van der Waals surface area contributed by atoms with Crippen LogP contribution in [0.25, 0.3) is 0 Å². The number of hydrogen-bond donors (Lipinski definition) is 1. The minimum atomic E-state index is -0.230. The SMILES string of the molecule is CCCc1nccn1C(c1ccc(F)cc1)C(C)N. The normalized spacial score (nSPS) is 14.3. The van der Waals surface area contributed by atoms with Gasteiger partial charge in [0.05, 0.1) is 6.04 Å². The van der Waals surface area contributed by atoms with E-state index < -0.39 is 0 Å². The van der Waals surface area contributed by atoms with Gasteiger partial charge in [-0.15, -0.1) is 0 Å². The van der Waals surface area contributed by atoms with Crippen LogP contribution in [0.2, 0.25) is 0 Å². The van der Waals surface area contributed by atoms with Crippen LogP contribution in [-0.2, 0) is 6.42 Å². The van der Waals surface area contributed by atoms with Crippen LogP contribution in [0, 0.1) is 5.82 Å². The monoisotopic (exact) mass is 261 g/mol.